The van der Waals surface area contributed by atoms with Crippen LogP contribution in [0.15, 0.2) is 34.4 Å². The summed E-state index contributed by atoms with van der Waals surface area (Å²) < 4.78 is 0.793. The Balaban J connectivity index is 2.15. The van der Waals surface area contributed by atoms with Gasteiger partial charge in [-0.1, -0.05) is 6.07 Å². The highest BCUT2D eigenvalue weighted by Crippen LogP contribution is 2.18. The second-order valence-corrected chi connectivity index (χ2v) is 4.96. The zero-order valence-electron chi connectivity index (χ0n) is 8.53. The Hall–Kier alpha value is -1.20. The zero-order chi connectivity index (χ0) is 11.5. The molecule has 0 aliphatic rings. The van der Waals surface area contributed by atoms with Gasteiger partial charge in [-0.2, -0.15) is 0 Å². The summed E-state index contributed by atoms with van der Waals surface area (Å²) in [6.45, 7) is 1.93. The fraction of sp³-hybridized carbons (Fsp3) is 0.0909. The van der Waals surface area contributed by atoms with E-state index in [-0.39, 0.29) is 5.91 Å². The molecule has 1 amide bonds. The van der Waals surface area contributed by atoms with Gasteiger partial charge in [0.15, 0.2) is 0 Å². The maximum Gasteiger partial charge on any atom is 0.265 e. The van der Waals surface area contributed by atoms with Gasteiger partial charge in [-0.05, 0) is 45.9 Å². The molecule has 2 heterocycles. The molecule has 0 unspecified atom stereocenters. The predicted octanol–water partition coefficient (Wildman–Crippen LogP) is 3.47. The van der Waals surface area contributed by atoms with E-state index in [1.54, 1.807) is 12.3 Å². The molecule has 16 heavy (non-hydrogen) atoms. The van der Waals surface area contributed by atoms with Crippen LogP contribution in [0.3, 0.4) is 0 Å². The molecular weight excluding hydrogens is 288 g/mol. The van der Waals surface area contributed by atoms with Gasteiger partial charge < -0.3 is 5.32 Å². The second kappa shape index (κ2) is 4.76. The minimum atomic E-state index is -0.0986. The molecule has 0 radical (unpaired) electrons. The molecule has 0 bridgehead atoms. The average molecular weight is 297 g/mol. The number of hydrogen-bond donors (Lipinski definition) is 1. The number of carbonyl (C=O) groups excluding carboxylic acids is 1. The van der Waals surface area contributed by atoms with Crippen LogP contribution >= 0.6 is 27.3 Å². The monoisotopic (exact) mass is 296 g/mol. The van der Waals surface area contributed by atoms with Gasteiger partial charge in [-0.25, -0.2) is 4.98 Å². The van der Waals surface area contributed by atoms with Crippen molar-refractivity contribution < 1.29 is 4.79 Å². The third-order valence-corrected chi connectivity index (χ3v) is 3.72. The summed E-state index contributed by atoms with van der Waals surface area (Å²) in [4.78, 5) is 16.5. The summed E-state index contributed by atoms with van der Waals surface area (Å²) in [5, 5.41) is 4.68. The van der Waals surface area contributed by atoms with Crippen LogP contribution in [-0.4, -0.2) is 10.9 Å². The minimum absolute atomic E-state index is 0.0986. The largest absolute Gasteiger partial charge is 0.320 e. The van der Waals surface area contributed by atoms with Crippen LogP contribution in [0.25, 0.3) is 0 Å². The summed E-state index contributed by atoms with van der Waals surface area (Å²) in [6.07, 6.45) is 1.63. The lowest BCUT2D eigenvalue weighted by atomic mass is 10.3. The number of aryl methyl sites for hydroxylation is 1. The van der Waals surface area contributed by atoms with E-state index in [2.05, 4.69) is 26.2 Å². The first-order chi connectivity index (χ1) is 7.66. The Bertz CT molecular complexity index is 511. The Morgan fingerprint density at radius 3 is 3.00 bits per heavy atom. The smallest absolute Gasteiger partial charge is 0.265 e. The predicted molar refractivity (Wildman–Crippen MR) is 68.9 cm³/mol. The molecule has 0 aromatic carbocycles. The number of amides is 1. The van der Waals surface area contributed by atoms with Crippen molar-refractivity contribution in [3.05, 3.63) is 44.8 Å². The van der Waals surface area contributed by atoms with Gasteiger partial charge in [0.1, 0.15) is 4.60 Å². The SMILES string of the molecule is Cc1cc(NC(=O)c2cccs2)cnc1Br. The summed E-state index contributed by atoms with van der Waals surface area (Å²) in [7, 11) is 0. The lowest BCUT2D eigenvalue weighted by Crippen LogP contribution is -2.10. The first-order valence-corrected chi connectivity index (χ1v) is 6.31. The molecule has 0 aliphatic heterocycles. The molecular formula is C11H9BrN2OS. The van der Waals surface area contributed by atoms with Gasteiger partial charge in [0.2, 0.25) is 0 Å². The van der Waals surface area contributed by atoms with E-state index in [0.29, 0.717) is 10.6 Å². The third-order valence-electron chi connectivity index (χ3n) is 2.02. The van der Waals surface area contributed by atoms with Crippen molar-refractivity contribution in [3.8, 4) is 0 Å². The molecule has 5 heteroatoms. The van der Waals surface area contributed by atoms with Crippen molar-refractivity contribution in [2.75, 3.05) is 5.32 Å². The average Bonchev–Trinajstić information content (AvgIpc) is 2.77. The molecule has 0 saturated heterocycles. The molecule has 0 atom stereocenters. The second-order valence-electron chi connectivity index (χ2n) is 3.26. The van der Waals surface area contributed by atoms with Crippen molar-refractivity contribution in [1.82, 2.24) is 4.98 Å². The van der Waals surface area contributed by atoms with E-state index in [4.69, 9.17) is 0 Å². The number of anilines is 1. The highest BCUT2D eigenvalue weighted by molar-refractivity contribution is 9.10. The third kappa shape index (κ3) is 2.48. The molecule has 3 nitrogen and oxygen atoms in total. The van der Waals surface area contributed by atoms with Crippen molar-refractivity contribution in [3.63, 3.8) is 0 Å². The molecule has 2 aromatic rings. The van der Waals surface area contributed by atoms with E-state index in [0.717, 1.165) is 10.2 Å². The molecule has 2 rings (SSSR count). The topological polar surface area (TPSA) is 42.0 Å². The summed E-state index contributed by atoms with van der Waals surface area (Å²) in [6, 6.07) is 5.52. The number of pyridine rings is 1. The quantitative estimate of drug-likeness (QED) is 0.862. The number of halogens is 1. The molecule has 0 fully saturated rings. The van der Waals surface area contributed by atoms with Crippen LogP contribution in [0.1, 0.15) is 15.2 Å². The number of nitrogens with one attached hydrogen (secondary N) is 1. The van der Waals surface area contributed by atoms with Gasteiger partial charge >= 0.3 is 0 Å². The van der Waals surface area contributed by atoms with Crippen LogP contribution in [0.4, 0.5) is 5.69 Å². The Labute approximate surface area is 106 Å². The lowest BCUT2D eigenvalue weighted by molar-refractivity contribution is 0.103. The van der Waals surface area contributed by atoms with E-state index < -0.39 is 0 Å². The fourth-order valence-electron chi connectivity index (χ4n) is 1.23. The Morgan fingerprint density at radius 1 is 1.56 bits per heavy atom. The van der Waals surface area contributed by atoms with Crippen LogP contribution in [0.5, 0.6) is 0 Å². The molecule has 0 saturated carbocycles. The first kappa shape index (κ1) is 11.3. The number of rotatable bonds is 2. The molecule has 82 valence electrons. The van der Waals surface area contributed by atoms with Crippen molar-refractivity contribution >= 4 is 38.9 Å². The van der Waals surface area contributed by atoms with Crippen molar-refractivity contribution in [1.29, 1.82) is 0 Å². The number of thiophene rings is 1. The summed E-state index contributed by atoms with van der Waals surface area (Å²) in [5.74, 6) is -0.0986. The van der Waals surface area contributed by atoms with E-state index >= 15 is 0 Å². The maximum atomic E-state index is 11.7. The van der Waals surface area contributed by atoms with Crippen LogP contribution in [0, 0.1) is 6.92 Å². The van der Waals surface area contributed by atoms with E-state index in [1.807, 2.05) is 24.4 Å². The lowest BCUT2D eigenvalue weighted by Gasteiger charge is -2.04. The summed E-state index contributed by atoms with van der Waals surface area (Å²) in [5.41, 5.74) is 1.70. The van der Waals surface area contributed by atoms with Crippen LogP contribution in [0.2, 0.25) is 0 Å². The maximum absolute atomic E-state index is 11.7. The van der Waals surface area contributed by atoms with Gasteiger partial charge in [-0.15, -0.1) is 11.3 Å². The molecule has 2 aromatic heterocycles. The highest BCUT2D eigenvalue weighted by atomic mass is 79.9. The molecule has 0 aliphatic carbocycles. The van der Waals surface area contributed by atoms with Gasteiger partial charge in [0, 0.05) is 0 Å². The van der Waals surface area contributed by atoms with E-state index in [1.165, 1.54) is 11.3 Å². The normalized spacial score (nSPS) is 10.1. The van der Waals surface area contributed by atoms with Crippen LogP contribution < -0.4 is 5.32 Å². The van der Waals surface area contributed by atoms with Gasteiger partial charge in [0.05, 0.1) is 16.8 Å². The molecule has 1 N–H and O–H groups in total. The number of nitrogens with zero attached hydrogens (tertiary/aromatic N) is 1. The number of aromatic nitrogens is 1. The van der Waals surface area contributed by atoms with Gasteiger partial charge in [-0.3, -0.25) is 4.79 Å². The minimum Gasteiger partial charge on any atom is -0.320 e. The zero-order valence-corrected chi connectivity index (χ0v) is 10.9. The van der Waals surface area contributed by atoms with Crippen molar-refractivity contribution in [2.24, 2.45) is 0 Å². The number of carbonyl (C=O) groups is 1. The first-order valence-electron chi connectivity index (χ1n) is 4.64. The van der Waals surface area contributed by atoms with Gasteiger partial charge in [0.25, 0.3) is 5.91 Å². The number of hydrogen-bond acceptors (Lipinski definition) is 3. The van der Waals surface area contributed by atoms with Crippen LogP contribution in [-0.2, 0) is 0 Å². The highest BCUT2D eigenvalue weighted by Gasteiger charge is 2.07. The Morgan fingerprint density at radius 2 is 2.38 bits per heavy atom. The van der Waals surface area contributed by atoms with Crippen molar-refractivity contribution in [2.45, 2.75) is 6.92 Å². The Kier molecular flexibility index (Phi) is 3.36. The molecule has 0 spiro atoms. The summed E-state index contributed by atoms with van der Waals surface area (Å²) >= 11 is 4.73. The standard InChI is InChI=1S/C11H9BrN2OS/c1-7-5-8(6-13-10(7)12)14-11(15)9-3-2-4-16-9/h2-6H,1H3,(H,14,15). The van der Waals surface area contributed by atoms with E-state index in [9.17, 15) is 4.79 Å². The fourth-order valence-corrected chi connectivity index (χ4v) is 2.06.